The molecule has 0 fully saturated rings. The first-order chi connectivity index (χ1) is 11.7. The summed E-state index contributed by atoms with van der Waals surface area (Å²) in [4.78, 5) is 10.5. The van der Waals surface area contributed by atoms with Gasteiger partial charge in [-0.15, -0.1) is 11.3 Å². The van der Waals surface area contributed by atoms with Crippen molar-refractivity contribution in [2.75, 3.05) is 13.1 Å². The molecule has 2 N–H and O–H groups in total. The number of aromatic nitrogens is 1. The van der Waals surface area contributed by atoms with Crippen molar-refractivity contribution in [2.45, 2.75) is 52.5 Å². The third-order valence-corrected chi connectivity index (χ3v) is 4.99. The molecule has 0 bridgehead atoms. The summed E-state index contributed by atoms with van der Waals surface area (Å²) in [6.45, 7) is 8.03. The average Bonchev–Trinajstić information content (AvgIpc) is 3.26. The van der Waals surface area contributed by atoms with E-state index in [2.05, 4.69) is 36.4 Å². The second kappa shape index (κ2) is 10.1. The molecule has 0 spiro atoms. The maximum atomic E-state index is 5.36. The van der Waals surface area contributed by atoms with Crippen LogP contribution < -0.4 is 10.6 Å². The van der Waals surface area contributed by atoms with E-state index in [4.69, 9.17) is 9.41 Å². The Morgan fingerprint density at radius 3 is 2.92 bits per heavy atom. The maximum absolute atomic E-state index is 5.36. The summed E-state index contributed by atoms with van der Waals surface area (Å²) in [7, 11) is 0. The first-order valence-electron chi connectivity index (χ1n) is 8.72. The van der Waals surface area contributed by atoms with Crippen molar-refractivity contribution in [1.82, 2.24) is 15.6 Å². The molecule has 1 atom stereocenters. The number of aliphatic imine (C=N–C) groups is 1. The minimum Gasteiger partial charge on any atom is -0.469 e. The molecule has 0 radical (unpaired) electrons. The van der Waals surface area contributed by atoms with E-state index < -0.39 is 0 Å². The first-order valence-corrected chi connectivity index (χ1v) is 9.53. The van der Waals surface area contributed by atoms with E-state index in [9.17, 15) is 0 Å². The van der Waals surface area contributed by atoms with E-state index in [1.165, 1.54) is 4.88 Å². The quantitative estimate of drug-likeness (QED) is 0.538. The molecule has 0 saturated heterocycles. The van der Waals surface area contributed by atoms with Gasteiger partial charge < -0.3 is 15.1 Å². The van der Waals surface area contributed by atoms with Gasteiger partial charge in [-0.1, -0.05) is 13.8 Å². The number of furan rings is 1. The molecule has 6 heteroatoms. The van der Waals surface area contributed by atoms with E-state index >= 15 is 0 Å². The molecule has 0 aliphatic heterocycles. The van der Waals surface area contributed by atoms with E-state index in [1.54, 1.807) is 17.6 Å². The van der Waals surface area contributed by atoms with E-state index in [0.717, 1.165) is 55.5 Å². The Morgan fingerprint density at radius 2 is 2.25 bits per heavy atom. The molecule has 132 valence electrons. The number of hydrogen-bond acceptors (Lipinski definition) is 4. The summed E-state index contributed by atoms with van der Waals surface area (Å²) in [5, 5.41) is 7.99. The molecular weight excluding hydrogens is 320 g/mol. The van der Waals surface area contributed by atoms with Gasteiger partial charge in [0.05, 0.1) is 11.3 Å². The minimum atomic E-state index is 0.395. The van der Waals surface area contributed by atoms with Gasteiger partial charge in [0.15, 0.2) is 5.96 Å². The van der Waals surface area contributed by atoms with Crippen LogP contribution in [0.5, 0.6) is 0 Å². The van der Waals surface area contributed by atoms with Crippen molar-refractivity contribution >= 4 is 17.3 Å². The number of hydrogen-bond donors (Lipinski definition) is 2. The van der Waals surface area contributed by atoms with Gasteiger partial charge >= 0.3 is 0 Å². The number of thiazole rings is 1. The summed E-state index contributed by atoms with van der Waals surface area (Å²) in [5.41, 5.74) is 0. The second-order valence-corrected chi connectivity index (χ2v) is 6.96. The molecular formula is C18H28N4OS. The fourth-order valence-electron chi connectivity index (χ4n) is 2.14. The Morgan fingerprint density at radius 1 is 1.38 bits per heavy atom. The molecule has 0 aliphatic carbocycles. The standard InChI is InChI=1S/C18H28N4OS/c1-4-14(3)22-18(19-10-8-15-7-6-12-23-15)20-11-9-17-21-13-16(5-2)24-17/h6-7,12-14H,4-5,8-11H2,1-3H3,(H2,19,20,22). The van der Waals surface area contributed by atoms with Crippen molar-refractivity contribution in [3.8, 4) is 0 Å². The van der Waals surface area contributed by atoms with Crippen LogP contribution in [0.3, 0.4) is 0 Å². The third-order valence-electron chi connectivity index (χ3n) is 3.78. The predicted molar refractivity (Wildman–Crippen MR) is 101 cm³/mol. The van der Waals surface area contributed by atoms with Crippen molar-refractivity contribution in [3.05, 3.63) is 40.2 Å². The molecule has 0 saturated carbocycles. The number of nitrogens with one attached hydrogen (secondary N) is 2. The van der Waals surface area contributed by atoms with Gasteiger partial charge in [-0.3, -0.25) is 4.99 Å². The molecule has 0 amide bonds. The molecule has 1 unspecified atom stereocenters. The van der Waals surface area contributed by atoms with Crippen LogP contribution in [0, 0.1) is 0 Å². The van der Waals surface area contributed by atoms with E-state index in [-0.39, 0.29) is 0 Å². The number of rotatable bonds is 9. The Balaban J connectivity index is 1.83. The summed E-state index contributed by atoms with van der Waals surface area (Å²) in [5.74, 6) is 1.85. The minimum absolute atomic E-state index is 0.395. The van der Waals surface area contributed by atoms with Gasteiger partial charge in [0.2, 0.25) is 0 Å². The topological polar surface area (TPSA) is 62.5 Å². The van der Waals surface area contributed by atoms with Gasteiger partial charge in [0, 0.05) is 43.0 Å². The molecule has 0 aromatic carbocycles. The fraction of sp³-hybridized carbons (Fsp3) is 0.556. The average molecular weight is 349 g/mol. The highest BCUT2D eigenvalue weighted by Gasteiger charge is 2.05. The van der Waals surface area contributed by atoms with Crippen LogP contribution in [0.25, 0.3) is 0 Å². The first kappa shape index (κ1) is 18.5. The normalized spacial score (nSPS) is 13.0. The lowest BCUT2D eigenvalue weighted by Gasteiger charge is -2.16. The molecule has 2 aromatic heterocycles. The molecule has 24 heavy (non-hydrogen) atoms. The zero-order valence-corrected chi connectivity index (χ0v) is 15.7. The van der Waals surface area contributed by atoms with E-state index in [1.807, 2.05) is 18.3 Å². The molecule has 5 nitrogen and oxygen atoms in total. The highest BCUT2D eigenvalue weighted by molar-refractivity contribution is 7.11. The lowest BCUT2D eigenvalue weighted by Crippen LogP contribution is -2.43. The van der Waals surface area contributed by atoms with Crippen molar-refractivity contribution in [2.24, 2.45) is 4.99 Å². The van der Waals surface area contributed by atoms with Crippen LogP contribution in [-0.2, 0) is 19.3 Å². The zero-order valence-electron chi connectivity index (χ0n) is 14.8. The lowest BCUT2D eigenvalue weighted by molar-refractivity contribution is 0.506. The highest BCUT2D eigenvalue weighted by atomic mass is 32.1. The van der Waals surface area contributed by atoms with Gasteiger partial charge in [0.1, 0.15) is 5.76 Å². The lowest BCUT2D eigenvalue weighted by atomic mass is 10.3. The summed E-state index contributed by atoms with van der Waals surface area (Å²) in [6, 6.07) is 4.31. The Bertz CT molecular complexity index is 606. The largest absolute Gasteiger partial charge is 0.469 e. The second-order valence-electron chi connectivity index (χ2n) is 5.76. The van der Waals surface area contributed by atoms with Crippen LogP contribution in [0.15, 0.2) is 34.0 Å². The monoisotopic (exact) mass is 348 g/mol. The van der Waals surface area contributed by atoms with Crippen LogP contribution in [0.2, 0.25) is 0 Å². The predicted octanol–water partition coefficient (Wildman–Crippen LogP) is 3.42. The maximum Gasteiger partial charge on any atom is 0.191 e. The molecule has 2 heterocycles. The fourth-order valence-corrected chi connectivity index (χ4v) is 2.99. The van der Waals surface area contributed by atoms with Gasteiger partial charge in [-0.2, -0.15) is 0 Å². The number of aryl methyl sites for hydroxylation is 1. The Kier molecular flexibility index (Phi) is 7.82. The SMILES string of the molecule is CCc1cnc(CCN=C(NCCc2ccco2)NC(C)CC)s1. The third kappa shape index (κ3) is 6.35. The molecule has 2 aromatic rings. The van der Waals surface area contributed by atoms with Crippen LogP contribution in [0.1, 0.15) is 42.8 Å². The Labute approximate surface area is 148 Å². The van der Waals surface area contributed by atoms with Gasteiger partial charge in [-0.25, -0.2) is 4.98 Å². The summed E-state index contributed by atoms with van der Waals surface area (Å²) >= 11 is 1.79. The van der Waals surface area contributed by atoms with Gasteiger partial charge in [0.25, 0.3) is 0 Å². The van der Waals surface area contributed by atoms with E-state index in [0.29, 0.717) is 6.04 Å². The van der Waals surface area contributed by atoms with Crippen molar-refractivity contribution in [3.63, 3.8) is 0 Å². The van der Waals surface area contributed by atoms with Crippen molar-refractivity contribution < 1.29 is 4.42 Å². The summed E-state index contributed by atoms with van der Waals surface area (Å²) < 4.78 is 5.36. The molecule has 0 aliphatic rings. The molecule has 2 rings (SSSR count). The van der Waals surface area contributed by atoms with Crippen LogP contribution in [-0.4, -0.2) is 30.1 Å². The van der Waals surface area contributed by atoms with Crippen LogP contribution in [0.4, 0.5) is 0 Å². The van der Waals surface area contributed by atoms with Gasteiger partial charge in [-0.05, 0) is 31.9 Å². The number of guanidine groups is 1. The van der Waals surface area contributed by atoms with Crippen molar-refractivity contribution in [1.29, 1.82) is 0 Å². The Hall–Kier alpha value is -1.82. The summed E-state index contributed by atoms with van der Waals surface area (Å²) in [6.07, 6.45) is 7.53. The smallest absolute Gasteiger partial charge is 0.191 e. The zero-order chi connectivity index (χ0) is 17.2. The number of nitrogens with zero attached hydrogens (tertiary/aromatic N) is 2. The highest BCUT2D eigenvalue weighted by Crippen LogP contribution is 2.13. The van der Waals surface area contributed by atoms with Crippen LogP contribution >= 0.6 is 11.3 Å².